The molecule has 6 heteroatoms. The number of alkyl halides is 3. The first-order valence-corrected chi connectivity index (χ1v) is 6.84. The Morgan fingerprint density at radius 3 is 2.63 bits per heavy atom. The highest BCUT2D eigenvalue weighted by Crippen LogP contribution is 2.49. The van der Waals surface area contributed by atoms with Gasteiger partial charge >= 0.3 is 6.18 Å². The zero-order chi connectivity index (χ0) is 13.9. The summed E-state index contributed by atoms with van der Waals surface area (Å²) in [6.45, 7) is -0.418. The van der Waals surface area contributed by atoms with Crippen LogP contribution in [0.5, 0.6) is 0 Å². The van der Waals surface area contributed by atoms with E-state index in [-0.39, 0.29) is 24.7 Å². The van der Waals surface area contributed by atoms with E-state index in [1.54, 1.807) is 0 Å². The third kappa shape index (κ3) is 4.07. The van der Waals surface area contributed by atoms with Gasteiger partial charge in [0.1, 0.15) is 6.61 Å². The van der Waals surface area contributed by atoms with E-state index in [4.69, 9.17) is 4.74 Å². The largest absolute Gasteiger partial charge is 0.411 e. The molecule has 0 aromatic rings. The molecule has 1 N–H and O–H groups in total. The van der Waals surface area contributed by atoms with E-state index < -0.39 is 12.8 Å². The molecule has 2 aliphatic rings. The number of hydrogen-bond acceptors (Lipinski definition) is 3. The maximum absolute atomic E-state index is 11.9. The number of aliphatic hydroxyl groups is 1. The third-order valence-corrected chi connectivity index (χ3v) is 4.10. The van der Waals surface area contributed by atoms with Crippen LogP contribution in [0.1, 0.15) is 32.1 Å². The number of ether oxygens (including phenoxy) is 2. The molecule has 1 heterocycles. The Kier molecular flexibility index (Phi) is 4.74. The summed E-state index contributed by atoms with van der Waals surface area (Å²) >= 11 is 0. The van der Waals surface area contributed by atoms with Crippen molar-refractivity contribution >= 4 is 0 Å². The van der Waals surface area contributed by atoms with Gasteiger partial charge in [-0.1, -0.05) is 0 Å². The van der Waals surface area contributed by atoms with Crippen molar-refractivity contribution in [3.63, 3.8) is 0 Å². The molecule has 1 saturated heterocycles. The molecule has 1 saturated carbocycles. The zero-order valence-electron chi connectivity index (χ0n) is 10.9. The van der Waals surface area contributed by atoms with E-state index in [0.717, 1.165) is 19.3 Å². The zero-order valence-corrected chi connectivity index (χ0v) is 10.9. The fourth-order valence-electron chi connectivity index (χ4n) is 2.97. The van der Waals surface area contributed by atoms with Crippen LogP contribution >= 0.6 is 0 Å². The first-order valence-electron chi connectivity index (χ1n) is 6.84. The molecule has 2 fully saturated rings. The minimum Gasteiger partial charge on any atom is -0.396 e. The van der Waals surface area contributed by atoms with Gasteiger partial charge in [-0.2, -0.15) is 13.2 Å². The van der Waals surface area contributed by atoms with E-state index >= 15 is 0 Å². The Morgan fingerprint density at radius 2 is 2.05 bits per heavy atom. The second kappa shape index (κ2) is 5.97. The van der Waals surface area contributed by atoms with Gasteiger partial charge in [-0.25, -0.2) is 0 Å². The lowest BCUT2D eigenvalue weighted by Crippen LogP contribution is -2.36. The van der Waals surface area contributed by atoms with Crippen LogP contribution in [0, 0.1) is 11.3 Å². The first kappa shape index (κ1) is 15.1. The molecule has 2 unspecified atom stereocenters. The minimum absolute atomic E-state index is 0.0490. The Hall–Kier alpha value is -0.330. The lowest BCUT2D eigenvalue weighted by molar-refractivity contribution is -0.174. The summed E-state index contributed by atoms with van der Waals surface area (Å²) in [6.07, 6.45) is 0.0887. The molecule has 0 aromatic carbocycles. The minimum atomic E-state index is -4.26. The molecule has 3 nitrogen and oxygen atoms in total. The number of halogens is 3. The fourth-order valence-corrected chi connectivity index (χ4v) is 2.97. The van der Waals surface area contributed by atoms with Crippen molar-refractivity contribution in [2.24, 2.45) is 11.3 Å². The summed E-state index contributed by atoms with van der Waals surface area (Å²) in [6, 6.07) is 0. The predicted molar refractivity (Wildman–Crippen MR) is 62.7 cm³/mol. The van der Waals surface area contributed by atoms with Gasteiger partial charge in [0.25, 0.3) is 0 Å². The Morgan fingerprint density at radius 1 is 1.32 bits per heavy atom. The molecule has 2 rings (SSSR count). The second-order valence-electron chi connectivity index (χ2n) is 5.67. The summed E-state index contributed by atoms with van der Waals surface area (Å²) in [4.78, 5) is 0. The van der Waals surface area contributed by atoms with E-state index in [2.05, 4.69) is 4.74 Å². The molecule has 0 radical (unpaired) electrons. The monoisotopic (exact) mass is 282 g/mol. The number of rotatable bonds is 7. The number of aliphatic hydroxyl groups excluding tert-OH is 1. The molecule has 0 aromatic heterocycles. The normalized spacial score (nSPS) is 31.9. The maximum Gasteiger partial charge on any atom is 0.411 e. The van der Waals surface area contributed by atoms with Gasteiger partial charge in [-0.05, 0) is 38.0 Å². The quantitative estimate of drug-likeness (QED) is 0.729. The summed E-state index contributed by atoms with van der Waals surface area (Å²) < 4.78 is 46.1. The lowest BCUT2D eigenvalue weighted by atomic mass is 9.76. The summed E-state index contributed by atoms with van der Waals surface area (Å²) in [5.74, 6) is 0.533. The average Bonchev–Trinajstić information content (AvgIpc) is 3.09. The van der Waals surface area contributed by atoms with Crippen LogP contribution in [0.4, 0.5) is 13.2 Å². The van der Waals surface area contributed by atoms with E-state index in [1.165, 1.54) is 0 Å². The Bertz CT molecular complexity index is 291. The van der Waals surface area contributed by atoms with Crippen LogP contribution in [-0.2, 0) is 9.47 Å². The Labute approximate surface area is 111 Å². The summed E-state index contributed by atoms with van der Waals surface area (Å²) in [5, 5.41) is 9.65. The van der Waals surface area contributed by atoms with Gasteiger partial charge in [-0.3, -0.25) is 0 Å². The van der Waals surface area contributed by atoms with Gasteiger partial charge < -0.3 is 14.6 Å². The van der Waals surface area contributed by atoms with Crippen LogP contribution in [0.2, 0.25) is 0 Å². The van der Waals surface area contributed by atoms with Crippen molar-refractivity contribution in [2.45, 2.75) is 44.4 Å². The van der Waals surface area contributed by atoms with Crippen LogP contribution < -0.4 is 0 Å². The summed E-state index contributed by atoms with van der Waals surface area (Å²) in [5.41, 5.74) is -0.261. The van der Waals surface area contributed by atoms with Crippen molar-refractivity contribution in [1.29, 1.82) is 0 Å². The van der Waals surface area contributed by atoms with Gasteiger partial charge in [0, 0.05) is 18.6 Å². The molecule has 19 heavy (non-hydrogen) atoms. The van der Waals surface area contributed by atoms with E-state index in [1.807, 2.05) is 0 Å². The molecule has 0 amide bonds. The van der Waals surface area contributed by atoms with Gasteiger partial charge in [0.15, 0.2) is 0 Å². The van der Waals surface area contributed by atoms with Crippen molar-refractivity contribution in [2.75, 3.05) is 26.4 Å². The predicted octanol–water partition coefficient (Wildman–Crippen LogP) is 2.52. The van der Waals surface area contributed by atoms with Gasteiger partial charge in [0.2, 0.25) is 0 Å². The number of hydrogen-bond donors (Lipinski definition) is 1. The van der Waals surface area contributed by atoms with Crippen molar-refractivity contribution in [3.05, 3.63) is 0 Å². The molecule has 0 spiro atoms. The van der Waals surface area contributed by atoms with Crippen LogP contribution in [-0.4, -0.2) is 43.8 Å². The van der Waals surface area contributed by atoms with Crippen LogP contribution in [0.15, 0.2) is 0 Å². The SMILES string of the molecule is OCC1(CCCOCC(F)(F)F)CCOC1C1CC1. The van der Waals surface area contributed by atoms with Gasteiger partial charge in [-0.15, -0.1) is 0 Å². The van der Waals surface area contributed by atoms with Crippen LogP contribution in [0.25, 0.3) is 0 Å². The lowest BCUT2D eigenvalue weighted by Gasteiger charge is -2.32. The van der Waals surface area contributed by atoms with E-state index in [0.29, 0.717) is 25.4 Å². The highest BCUT2D eigenvalue weighted by atomic mass is 19.4. The fraction of sp³-hybridized carbons (Fsp3) is 1.00. The molecular formula is C13H21F3O3. The topological polar surface area (TPSA) is 38.7 Å². The van der Waals surface area contributed by atoms with Crippen molar-refractivity contribution < 1.29 is 27.8 Å². The molecule has 0 bridgehead atoms. The smallest absolute Gasteiger partial charge is 0.396 e. The highest BCUT2D eigenvalue weighted by molar-refractivity contribution is 4.99. The van der Waals surface area contributed by atoms with Gasteiger partial charge in [0.05, 0.1) is 12.7 Å². The standard InChI is InChI=1S/C13H21F3O3/c14-13(15,16)9-18-6-1-4-12(8-17)5-7-19-11(12)10-2-3-10/h10-11,17H,1-9H2. The van der Waals surface area contributed by atoms with Crippen molar-refractivity contribution in [3.8, 4) is 0 Å². The Balaban J connectivity index is 1.73. The van der Waals surface area contributed by atoms with Crippen molar-refractivity contribution in [1.82, 2.24) is 0 Å². The molecular weight excluding hydrogens is 261 g/mol. The summed E-state index contributed by atoms with van der Waals surface area (Å²) in [7, 11) is 0. The molecule has 2 atom stereocenters. The van der Waals surface area contributed by atoms with E-state index in [9.17, 15) is 18.3 Å². The molecule has 1 aliphatic heterocycles. The molecule has 112 valence electrons. The maximum atomic E-state index is 11.9. The highest BCUT2D eigenvalue weighted by Gasteiger charge is 2.50. The first-order chi connectivity index (χ1) is 8.97. The third-order valence-electron chi connectivity index (χ3n) is 4.10. The second-order valence-corrected chi connectivity index (χ2v) is 5.67. The van der Waals surface area contributed by atoms with Crippen LogP contribution in [0.3, 0.4) is 0 Å². The average molecular weight is 282 g/mol. The molecule has 1 aliphatic carbocycles.